The van der Waals surface area contributed by atoms with E-state index in [-0.39, 0.29) is 17.3 Å². The van der Waals surface area contributed by atoms with Crippen LogP contribution in [0.1, 0.15) is 42.9 Å². The molecule has 2 aliphatic rings. The molecule has 1 atom stereocenters. The highest BCUT2D eigenvalue weighted by Gasteiger charge is 2.34. The van der Waals surface area contributed by atoms with Crippen molar-refractivity contribution in [2.45, 2.75) is 37.1 Å². The summed E-state index contributed by atoms with van der Waals surface area (Å²) < 4.78 is 15.6. The van der Waals surface area contributed by atoms with Crippen LogP contribution in [0.25, 0.3) is 28.0 Å². The van der Waals surface area contributed by atoms with Gasteiger partial charge in [0.2, 0.25) is 0 Å². The van der Waals surface area contributed by atoms with Crippen molar-refractivity contribution in [2.75, 3.05) is 0 Å². The highest BCUT2D eigenvalue weighted by Crippen LogP contribution is 2.40. The van der Waals surface area contributed by atoms with Crippen molar-refractivity contribution in [3.8, 4) is 22.4 Å². The van der Waals surface area contributed by atoms with E-state index in [2.05, 4.69) is 71.3 Å². The lowest BCUT2D eigenvalue weighted by molar-refractivity contribution is 0.253. The van der Waals surface area contributed by atoms with Crippen LogP contribution in [0.2, 0.25) is 0 Å². The second-order valence-electron chi connectivity index (χ2n) is 9.24. The van der Waals surface area contributed by atoms with Crippen LogP contribution in [0.5, 0.6) is 0 Å². The van der Waals surface area contributed by atoms with Crippen LogP contribution in [0, 0.1) is 5.82 Å². The van der Waals surface area contributed by atoms with Gasteiger partial charge in [-0.25, -0.2) is 9.37 Å². The summed E-state index contributed by atoms with van der Waals surface area (Å²) in [6, 6.07) is 19.4. The Morgan fingerprint density at radius 3 is 2.33 bits per heavy atom. The Morgan fingerprint density at radius 1 is 0.909 bits per heavy atom. The number of rotatable bonds is 4. The fourth-order valence-corrected chi connectivity index (χ4v) is 5.04. The molecular formula is C29H26FN3. The Bertz CT molecular complexity index is 1370. The van der Waals surface area contributed by atoms with E-state index in [9.17, 15) is 4.39 Å². The summed E-state index contributed by atoms with van der Waals surface area (Å²) in [4.78, 5) is 5.09. The van der Waals surface area contributed by atoms with Crippen LogP contribution in [-0.2, 0) is 5.54 Å². The van der Waals surface area contributed by atoms with Gasteiger partial charge in [0.15, 0.2) is 0 Å². The highest BCUT2D eigenvalue weighted by molar-refractivity contribution is 5.73. The van der Waals surface area contributed by atoms with Crippen molar-refractivity contribution >= 4 is 5.65 Å². The predicted octanol–water partition coefficient (Wildman–Crippen LogP) is 6.75. The van der Waals surface area contributed by atoms with Crippen molar-refractivity contribution in [3.63, 3.8) is 0 Å². The molecule has 0 radical (unpaired) electrons. The number of nitrogens with zero attached hydrogens (tertiary/aromatic N) is 2. The second kappa shape index (κ2) is 7.82. The molecule has 1 fully saturated rings. The minimum Gasteiger partial charge on any atom is -0.321 e. The summed E-state index contributed by atoms with van der Waals surface area (Å²) >= 11 is 0. The minimum absolute atomic E-state index is 0.165. The number of hydrogen-bond donors (Lipinski definition) is 1. The molecule has 1 unspecified atom stereocenters. The molecule has 2 aromatic heterocycles. The van der Waals surface area contributed by atoms with Crippen LogP contribution in [0.4, 0.5) is 4.39 Å². The van der Waals surface area contributed by atoms with Gasteiger partial charge in [-0.1, -0.05) is 60.7 Å². The number of hydrogen-bond acceptors (Lipinski definition) is 2. The largest absolute Gasteiger partial charge is 0.321 e. The average molecular weight is 436 g/mol. The molecule has 0 spiro atoms. The quantitative estimate of drug-likeness (QED) is 0.385. The SMILES string of the molecule is NC1(c2ccc(-c3nc4cc(-c5ccc(F)cc5)ccn4c3C3C=CC=CC3)cc2)CCC1. The maximum Gasteiger partial charge on any atom is 0.138 e. The van der Waals surface area contributed by atoms with Gasteiger partial charge in [-0.15, -0.1) is 0 Å². The number of benzene rings is 2. The Hall–Kier alpha value is -3.50. The molecule has 2 aromatic carbocycles. The fraction of sp³-hybridized carbons (Fsp3) is 0.207. The number of aromatic nitrogens is 2. The molecule has 164 valence electrons. The summed E-state index contributed by atoms with van der Waals surface area (Å²) in [5, 5.41) is 0. The summed E-state index contributed by atoms with van der Waals surface area (Å²) in [6.45, 7) is 0. The predicted molar refractivity (Wildman–Crippen MR) is 131 cm³/mol. The van der Waals surface area contributed by atoms with Crippen molar-refractivity contribution < 1.29 is 4.39 Å². The van der Waals surface area contributed by atoms with Crippen molar-refractivity contribution in [2.24, 2.45) is 5.73 Å². The zero-order valence-corrected chi connectivity index (χ0v) is 18.4. The standard InChI is InChI=1S/C29H26FN3/c30-25-13-9-20(10-14-25)23-15-18-33-26(19-23)32-27(28(33)22-5-2-1-3-6-22)21-7-11-24(12-8-21)29(31)16-4-17-29/h1-3,5,7-15,18-19,22H,4,6,16-17,31H2. The second-order valence-corrected chi connectivity index (χ2v) is 9.24. The number of pyridine rings is 1. The summed E-state index contributed by atoms with van der Waals surface area (Å²) in [6.07, 6.45) is 15.0. The average Bonchev–Trinajstić information content (AvgIpc) is 3.22. The first-order valence-electron chi connectivity index (χ1n) is 11.6. The third kappa shape index (κ3) is 3.51. The smallest absolute Gasteiger partial charge is 0.138 e. The molecule has 6 rings (SSSR count). The van der Waals surface area contributed by atoms with E-state index >= 15 is 0 Å². The molecule has 2 aliphatic carbocycles. The van der Waals surface area contributed by atoms with E-state index in [0.29, 0.717) is 0 Å². The molecule has 33 heavy (non-hydrogen) atoms. The molecule has 2 N–H and O–H groups in total. The topological polar surface area (TPSA) is 43.3 Å². The molecule has 0 amide bonds. The maximum absolute atomic E-state index is 13.4. The van der Waals surface area contributed by atoms with Gasteiger partial charge in [-0.3, -0.25) is 0 Å². The zero-order valence-electron chi connectivity index (χ0n) is 18.4. The van der Waals surface area contributed by atoms with Crippen molar-refractivity contribution in [1.29, 1.82) is 0 Å². The first-order chi connectivity index (χ1) is 16.1. The van der Waals surface area contributed by atoms with E-state index in [1.165, 1.54) is 29.8 Å². The van der Waals surface area contributed by atoms with E-state index in [1.54, 1.807) is 0 Å². The molecule has 0 bridgehead atoms. The number of halogens is 1. The molecule has 1 saturated carbocycles. The van der Waals surface area contributed by atoms with E-state index in [1.807, 2.05) is 12.1 Å². The molecule has 4 heteroatoms. The van der Waals surface area contributed by atoms with E-state index < -0.39 is 0 Å². The summed E-state index contributed by atoms with van der Waals surface area (Å²) in [5.74, 6) is 0.0239. The lowest BCUT2D eigenvalue weighted by Gasteiger charge is -2.38. The third-order valence-electron chi connectivity index (χ3n) is 7.15. The number of allylic oxidation sites excluding steroid dienone is 4. The Labute approximate surface area is 193 Å². The minimum atomic E-state index is -0.230. The molecule has 3 nitrogen and oxygen atoms in total. The van der Waals surface area contributed by atoms with Crippen LogP contribution in [-0.4, -0.2) is 9.38 Å². The van der Waals surface area contributed by atoms with Gasteiger partial charge in [0.25, 0.3) is 0 Å². The number of fused-ring (bicyclic) bond motifs is 1. The van der Waals surface area contributed by atoms with Gasteiger partial charge in [0.05, 0.1) is 11.4 Å². The van der Waals surface area contributed by atoms with Crippen molar-refractivity contribution in [1.82, 2.24) is 9.38 Å². The molecule has 0 aliphatic heterocycles. The van der Waals surface area contributed by atoms with Gasteiger partial charge in [-0.05, 0) is 66.6 Å². The maximum atomic E-state index is 13.4. The van der Waals surface area contributed by atoms with Crippen molar-refractivity contribution in [3.05, 3.63) is 108 Å². The van der Waals surface area contributed by atoms with E-state index in [4.69, 9.17) is 10.7 Å². The van der Waals surface area contributed by atoms with E-state index in [0.717, 1.165) is 47.3 Å². The number of nitrogens with two attached hydrogens (primary N) is 1. The van der Waals surface area contributed by atoms with Gasteiger partial charge in [0.1, 0.15) is 11.5 Å². The van der Waals surface area contributed by atoms with Gasteiger partial charge in [-0.2, -0.15) is 0 Å². The Balaban J connectivity index is 1.47. The van der Waals surface area contributed by atoms with Crippen LogP contribution >= 0.6 is 0 Å². The van der Waals surface area contributed by atoms with Crippen LogP contribution in [0.15, 0.2) is 91.2 Å². The van der Waals surface area contributed by atoms with Gasteiger partial charge in [0, 0.05) is 23.2 Å². The summed E-state index contributed by atoms with van der Waals surface area (Å²) in [7, 11) is 0. The lowest BCUT2D eigenvalue weighted by atomic mass is 9.72. The third-order valence-corrected chi connectivity index (χ3v) is 7.15. The van der Waals surface area contributed by atoms with Crippen LogP contribution < -0.4 is 5.73 Å². The Morgan fingerprint density at radius 2 is 1.67 bits per heavy atom. The zero-order chi connectivity index (χ0) is 22.4. The molecule has 4 aromatic rings. The first kappa shape index (κ1) is 20.1. The Kier molecular flexibility index (Phi) is 4.77. The first-order valence-corrected chi connectivity index (χ1v) is 11.6. The van der Waals surface area contributed by atoms with Gasteiger partial charge < -0.3 is 10.1 Å². The monoisotopic (exact) mass is 435 g/mol. The summed E-state index contributed by atoms with van der Waals surface area (Å²) in [5.41, 5.74) is 13.8. The highest BCUT2D eigenvalue weighted by atomic mass is 19.1. The molecular weight excluding hydrogens is 409 g/mol. The molecule has 2 heterocycles. The normalized spacial score (nSPS) is 19.0. The van der Waals surface area contributed by atoms with Gasteiger partial charge >= 0.3 is 0 Å². The lowest BCUT2D eigenvalue weighted by Crippen LogP contribution is -2.43. The fourth-order valence-electron chi connectivity index (χ4n) is 5.04. The van der Waals surface area contributed by atoms with Crippen LogP contribution in [0.3, 0.4) is 0 Å². The molecule has 0 saturated heterocycles. The number of imidazole rings is 1.